The third kappa shape index (κ3) is 3.98. The van der Waals surface area contributed by atoms with Gasteiger partial charge in [-0.05, 0) is 30.5 Å². The van der Waals surface area contributed by atoms with E-state index in [1.807, 2.05) is 0 Å². The molecular weight excluding hydrogens is 311 g/mol. The number of carbonyl (C=O) groups is 1. The molecule has 1 unspecified atom stereocenters. The molecule has 1 fully saturated rings. The van der Waals surface area contributed by atoms with Crippen LogP contribution < -0.4 is 10.9 Å². The van der Waals surface area contributed by atoms with Gasteiger partial charge in [-0.15, -0.1) is 0 Å². The average molecular weight is 330 g/mol. The summed E-state index contributed by atoms with van der Waals surface area (Å²) in [6.07, 6.45) is 3.14. The number of hydrogen-bond donors (Lipinski definition) is 2. The van der Waals surface area contributed by atoms with E-state index in [-0.39, 0.29) is 29.9 Å². The minimum absolute atomic E-state index is 0.0565. The Kier molecular flexibility index (Phi) is 4.88. The quantitative estimate of drug-likeness (QED) is 0.903. The molecule has 1 aromatic carbocycles. The van der Waals surface area contributed by atoms with Crippen molar-refractivity contribution in [3.8, 4) is 0 Å². The number of aromatic nitrogens is 2. The van der Waals surface area contributed by atoms with Crippen LogP contribution in [0, 0.1) is 5.82 Å². The molecule has 126 valence electrons. The first-order chi connectivity index (χ1) is 11.6. The van der Waals surface area contributed by atoms with Crippen molar-refractivity contribution in [3.05, 3.63) is 64.1 Å². The van der Waals surface area contributed by atoms with E-state index in [1.165, 1.54) is 24.5 Å². The highest BCUT2D eigenvalue weighted by Gasteiger charge is 2.25. The van der Waals surface area contributed by atoms with Gasteiger partial charge in [-0.3, -0.25) is 4.79 Å². The number of hydrogen-bond acceptors (Lipinski definition) is 3. The molecule has 2 amide bonds. The topological polar surface area (TPSA) is 78.1 Å². The second-order valence-electron chi connectivity index (χ2n) is 5.91. The van der Waals surface area contributed by atoms with Crippen LogP contribution in [0.5, 0.6) is 0 Å². The van der Waals surface area contributed by atoms with E-state index in [9.17, 15) is 14.0 Å². The van der Waals surface area contributed by atoms with Crippen molar-refractivity contribution in [1.82, 2.24) is 20.2 Å². The van der Waals surface area contributed by atoms with Gasteiger partial charge in [0.05, 0.1) is 12.0 Å². The Morgan fingerprint density at radius 3 is 3.08 bits per heavy atom. The van der Waals surface area contributed by atoms with Crippen molar-refractivity contribution in [2.75, 3.05) is 13.1 Å². The van der Waals surface area contributed by atoms with Crippen LogP contribution in [-0.4, -0.2) is 34.0 Å². The lowest BCUT2D eigenvalue weighted by atomic mass is 9.95. The van der Waals surface area contributed by atoms with Crippen molar-refractivity contribution in [2.24, 2.45) is 0 Å². The molecule has 2 aromatic rings. The van der Waals surface area contributed by atoms with Gasteiger partial charge in [0.25, 0.3) is 5.56 Å². The van der Waals surface area contributed by atoms with Gasteiger partial charge in [0.1, 0.15) is 5.82 Å². The predicted octanol–water partition coefficient (Wildman–Crippen LogP) is 2.00. The number of H-pyrrole nitrogens is 1. The predicted molar refractivity (Wildman–Crippen MR) is 87.0 cm³/mol. The highest BCUT2D eigenvalue weighted by atomic mass is 19.1. The monoisotopic (exact) mass is 330 g/mol. The molecule has 1 aromatic heterocycles. The van der Waals surface area contributed by atoms with E-state index in [1.54, 1.807) is 17.0 Å². The fourth-order valence-electron chi connectivity index (χ4n) is 2.95. The zero-order valence-electron chi connectivity index (χ0n) is 13.2. The summed E-state index contributed by atoms with van der Waals surface area (Å²) < 4.78 is 13.2. The Morgan fingerprint density at radius 2 is 2.29 bits per heavy atom. The molecule has 6 nitrogen and oxygen atoms in total. The van der Waals surface area contributed by atoms with Gasteiger partial charge < -0.3 is 15.2 Å². The number of piperidine rings is 1. The summed E-state index contributed by atoms with van der Waals surface area (Å²) in [7, 11) is 0. The molecule has 0 saturated carbocycles. The Labute approximate surface area is 138 Å². The Hall–Kier alpha value is -2.70. The number of urea groups is 1. The number of nitrogens with one attached hydrogen (secondary N) is 2. The van der Waals surface area contributed by atoms with Crippen molar-refractivity contribution < 1.29 is 9.18 Å². The smallest absolute Gasteiger partial charge is 0.317 e. The number of aromatic amines is 1. The molecule has 1 saturated heterocycles. The molecule has 3 rings (SSSR count). The molecule has 0 aliphatic carbocycles. The lowest BCUT2D eigenvalue weighted by Gasteiger charge is -2.32. The van der Waals surface area contributed by atoms with E-state index in [4.69, 9.17) is 0 Å². The van der Waals surface area contributed by atoms with E-state index in [2.05, 4.69) is 15.3 Å². The molecule has 2 heterocycles. The van der Waals surface area contributed by atoms with Crippen LogP contribution in [0.4, 0.5) is 9.18 Å². The summed E-state index contributed by atoms with van der Waals surface area (Å²) in [4.78, 5) is 32.2. The van der Waals surface area contributed by atoms with Gasteiger partial charge in [0, 0.05) is 31.6 Å². The second kappa shape index (κ2) is 7.25. The average Bonchev–Trinajstić information content (AvgIpc) is 2.60. The van der Waals surface area contributed by atoms with Gasteiger partial charge in [-0.2, -0.15) is 0 Å². The number of benzene rings is 1. The maximum Gasteiger partial charge on any atom is 0.317 e. The van der Waals surface area contributed by atoms with Crippen molar-refractivity contribution >= 4 is 6.03 Å². The highest BCUT2D eigenvalue weighted by molar-refractivity contribution is 5.74. The number of halogens is 1. The largest absolute Gasteiger partial charge is 0.334 e. The van der Waals surface area contributed by atoms with Crippen molar-refractivity contribution in [2.45, 2.75) is 25.3 Å². The number of likely N-dealkylation sites (tertiary alicyclic amines) is 1. The number of amides is 2. The van der Waals surface area contributed by atoms with Gasteiger partial charge in [0.15, 0.2) is 0 Å². The summed E-state index contributed by atoms with van der Waals surface area (Å²) in [6.45, 7) is 1.46. The first-order valence-corrected chi connectivity index (χ1v) is 7.93. The molecular formula is C17H19FN4O2. The van der Waals surface area contributed by atoms with E-state index in [0.717, 1.165) is 12.8 Å². The fourth-order valence-corrected chi connectivity index (χ4v) is 2.95. The van der Waals surface area contributed by atoms with Gasteiger partial charge in [-0.25, -0.2) is 14.2 Å². The molecule has 0 bridgehead atoms. The normalized spacial score (nSPS) is 17.5. The van der Waals surface area contributed by atoms with Crippen LogP contribution in [0.1, 0.15) is 30.0 Å². The molecule has 1 aliphatic rings. The molecule has 1 atom stereocenters. The summed E-state index contributed by atoms with van der Waals surface area (Å²) >= 11 is 0. The summed E-state index contributed by atoms with van der Waals surface area (Å²) in [5, 5.41) is 2.81. The van der Waals surface area contributed by atoms with E-state index >= 15 is 0 Å². The highest BCUT2D eigenvalue weighted by Crippen LogP contribution is 2.24. The summed E-state index contributed by atoms with van der Waals surface area (Å²) in [5.41, 5.74) is 1.24. The zero-order valence-corrected chi connectivity index (χ0v) is 13.2. The van der Waals surface area contributed by atoms with Crippen LogP contribution in [-0.2, 0) is 6.54 Å². The van der Waals surface area contributed by atoms with Crippen LogP contribution in [0.25, 0.3) is 0 Å². The zero-order chi connectivity index (χ0) is 16.9. The first-order valence-electron chi connectivity index (χ1n) is 7.93. The Balaban J connectivity index is 1.60. The molecule has 24 heavy (non-hydrogen) atoms. The van der Waals surface area contributed by atoms with Gasteiger partial charge in [0.2, 0.25) is 0 Å². The first kappa shape index (κ1) is 16.2. The van der Waals surface area contributed by atoms with Gasteiger partial charge in [-0.1, -0.05) is 12.1 Å². The van der Waals surface area contributed by atoms with Crippen LogP contribution >= 0.6 is 0 Å². The molecule has 7 heteroatoms. The minimum Gasteiger partial charge on any atom is -0.334 e. The Bertz CT molecular complexity index is 777. The van der Waals surface area contributed by atoms with Crippen LogP contribution in [0.15, 0.2) is 41.5 Å². The number of carbonyl (C=O) groups excluding carboxylic acids is 1. The summed E-state index contributed by atoms with van der Waals surface area (Å²) in [6, 6.07) is 7.45. The van der Waals surface area contributed by atoms with Gasteiger partial charge >= 0.3 is 6.03 Å². The second-order valence-corrected chi connectivity index (χ2v) is 5.91. The molecule has 1 aliphatic heterocycles. The maximum atomic E-state index is 13.2. The molecule has 0 spiro atoms. The number of rotatable bonds is 3. The standard InChI is InChI=1S/C17H19FN4O2/c18-14-5-1-3-12(7-14)9-19-17(24)22-6-2-4-13(10-22)15-8-16(23)21-11-20-15/h1,3,5,7-8,11,13H,2,4,6,9-10H2,(H,19,24)(H,20,21,23). The maximum absolute atomic E-state index is 13.2. The van der Waals surface area contributed by atoms with E-state index in [0.29, 0.717) is 24.3 Å². The van der Waals surface area contributed by atoms with Crippen LogP contribution in [0.2, 0.25) is 0 Å². The van der Waals surface area contributed by atoms with Crippen molar-refractivity contribution in [3.63, 3.8) is 0 Å². The third-order valence-electron chi connectivity index (χ3n) is 4.16. The SMILES string of the molecule is O=C(NCc1cccc(F)c1)N1CCCC(c2cc(=O)[nH]cn2)C1. The Morgan fingerprint density at radius 1 is 1.42 bits per heavy atom. The molecule has 0 radical (unpaired) electrons. The fraction of sp³-hybridized carbons (Fsp3) is 0.353. The molecule has 2 N–H and O–H groups in total. The van der Waals surface area contributed by atoms with E-state index < -0.39 is 0 Å². The lowest BCUT2D eigenvalue weighted by molar-refractivity contribution is 0.178. The third-order valence-corrected chi connectivity index (χ3v) is 4.16. The minimum atomic E-state index is -0.319. The number of nitrogens with zero attached hydrogens (tertiary/aromatic N) is 2. The van der Waals surface area contributed by atoms with Crippen LogP contribution in [0.3, 0.4) is 0 Å². The summed E-state index contributed by atoms with van der Waals surface area (Å²) in [5.74, 6) is -0.263. The lowest BCUT2D eigenvalue weighted by Crippen LogP contribution is -2.44. The van der Waals surface area contributed by atoms with Crippen molar-refractivity contribution in [1.29, 1.82) is 0 Å².